The molecule has 2 aromatic rings. The number of esters is 1. The zero-order valence-electron chi connectivity index (χ0n) is 32.4. The molecule has 55 heavy (non-hydrogen) atoms. The molecule has 1 amide bonds. The second-order valence-electron chi connectivity index (χ2n) is 14.7. The summed E-state index contributed by atoms with van der Waals surface area (Å²) in [6.45, 7) is 13.7. The van der Waals surface area contributed by atoms with Crippen molar-refractivity contribution in [3.63, 3.8) is 0 Å². The Morgan fingerprint density at radius 1 is 0.855 bits per heavy atom. The Kier molecular flexibility index (Phi) is 15.9. The topological polar surface area (TPSA) is 169 Å². The second-order valence-corrected chi connectivity index (χ2v) is 14.7. The second kappa shape index (κ2) is 20.8. The minimum absolute atomic E-state index is 0.0110. The SMILES string of the molecule is C=CCOC(=O)NC1C(C)[C@@H](C)[C@H](COC(C)=O)O[C@H]1O[C@@H]1CCCC(N=[N+]=[N-])[C@H]1O[C@@H]1OC(C)[C@@H](C)[C@H](OCc2ccccc2)C1OCc1ccccc1. The van der Waals surface area contributed by atoms with E-state index in [2.05, 4.69) is 28.8 Å². The van der Waals surface area contributed by atoms with Crippen LogP contribution in [0.3, 0.4) is 0 Å². The zero-order valence-corrected chi connectivity index (χ0v) is 32.4. The monoisotopic (exact) mass is 764 g/mol. The van der Waals surface area contributed by atoms with Crippen LogP contribution < -0.4 is 5.32 Å². The summed E-state index contributed by atoms with van der Waals surface area (Å²) in [5, 5.41) is 7.09. The summed E-state index contributed by atoms with van der Waals surface area (Å²) in [7, 11) is 0. The maximum atomic E-state index is 12.9. The fourth-order valence-corrected chi connectivity index (χ4v) is 7.46. The van der Waals surface area contributed by atoms with Gasteiger partial charge < -0.3 is 43.2 Å². The van der Waals surface area contributed by atoms with Crippen molar-refractivity contribution < 1.29 is 47.5 Å². The Bertz CT molecular complexity index is 1560. The minimum atomic E-state index is -0.998. The van der Waals surface area contributed by atoms with E-state index in [0.29, 0.717) is 25.9 Å². The Labute approximate surface area is 323 Å². The molecule has 1 aliphatic carbocycles. The Balaban J connectivity index is 1.43. The van der Waals surface area contributed by atoms with Gasteiger partial charge in [-0.25, -0.2) is 4.79 Å². The molecule has 14 heteroatoms. The lowest BCUT2D eigenvalue weighted by atomic mass is 9.82. The van der Waals surface area contributed by atoms with Crippen molar-refractivity contribution in [1.29, 1.82) is 0 Å². The van der Waals surface area contributed by atoms with E-state index in [1.54, 1.807) is 0 Å². The van der Waals surface area contributed by atoms with Gasteiger partial charge in [-0.2, -0.15) is 0 Å². The molecule has 2 heterocycles. The van der Waals surface area contributed by atoms with E-state index in [1.165, 1.54) is 13.0 Å². The molecule has 1 N–H and O–H groups in total. The number of amides is 1. The van der Waals surface area contributed by atoms with Gasteiger partial charge in [0.05, 0.1) is 55.8 Å². The quantitative estimate of drug-likeness (QED) is 0.0617. The highest BCUT2D eigenvalue weighted by Crippen LogP contribution is 2.38. The van der Waals surface area contributed by atoms with Crippen molar-refractivity contribution in [2.24, 2.45) is 22.9 Å². The first kappa shape index (κ1) is 42.1. The van der Waals surface area contributed by atoms with Crippen LogP contribution in [-0.4, -0.2) is 86.6 Å². The summed E-state index contributed by atoms with van der Waals surface area (Å²) in [6, 6.07) is 18.5. The van der Waals surface area contributed by atoms with Crippen molar-refractivity contribution >= 4 is 12.1 Å². The number of carbonyl (C=O) groups excluding carboxylic acids is 2. The summed E-state index contributed by atoms with van der Waals surface area (Å²) in [5.41, 5.74) is 11.7. The Hall–Kier alpha value is -4.01. The highest BCUT2D eigenvalue weighted by molar-refractivity contribution is 5.68. The van der Waals surface area contributed by atoms with E-state index in [1.807, 2.05) is 81.4 Å². The molecule has 5 rings (SSSR count). The molecule has 2 saturated heterocycles. The van der Waals surface area contributed by atoms with Crippen molar-refractivity contribution in [3.05, 3.63) is 94.9 Å². The molecule has 2 aromatic carbocycles. The largest absolute Gasteiger partial charge is 0.463 e. The molecule has 1 saturated carbocycles. The van der Waals surface area contributed by atoms with Crippen LogP contribution in [0.2, 0.25) is 0 Å². The molecule has 2 aliphatic heterocycles. The molecule has 0 aromatic heterocycles. The Morgan fingerprint density at radius 2 is 1.51 bits per heavy atom. The number of nitrogens with one attached hydrogen (secondary N) is 1. The lowest BCUT2D eigenvalue weighted by molar-refractivity contribution is -0.332. The van der Waals surface area contributed by atoms with Crippen LogP contribution in [0.1, 0.15) is 65.0 Å². The summed E-state index contributed by atoms with van der Waals surface area (Å²) in [6.07, 6.45) is -2.64. The van der Waals surface area contributed by atoms with Gasteiger partial charge in [-0.1, -0.05) is 106 Å². The van der Waals surface area contributed by atoms with Gasteiger partial charge in [-0.15, -0.1) is 0 Å². The summed E-state index contributed by atoms with van der Waals surface area (Å²) in [4.78, 5) is 27.8. The smallest absolute Gasteiger partial charge is 0.407 e. The van der Waals surface area contributed by atoms with Gasteiger partial charge in [-0.3, -0.25) is 4.79 Å². The van der Waals surface area contributed by atoms with E-state index in [9.17, 15) is 15.1 Å². The number of alkyl carbamates (subject to hydrolysis) is 1. The van der Waals surface area contributed by atoms with Gasteiger partial charge >= 0.3 is 12.1 Å². The van der Waals surface area contributed by atoms with Crippen LogP contribution in [0.5, 0.6) is 0 Å². The highest BCUT2D eigenvalue weighted by Gasteiger charge is 2.50. The molecule has 300 valence electrons. The standard InChI is InChI=1S/C41H56N4O10/c1-7-21-48-41(47)43-35-26(3)25(2)34(24-49-29(6)46)54-39(35)53-33-20-14-19-32(44-45-42)37(33)55-40-38(51-23-31-17-12-9-13-18-31)36(27(4)28(5)52-40)50-22-30-15-10-8-11-16-30/h7-13,15-18,25-28,32-40H,1,14,19-24H2,2-6H3,(H,43,47)/t25-,26?,27-,28?,32?,33-,34+,35?,36+,37-,38?,39-,40+/m1/s1. The van der Waals surface area contributed by atoms with Crippen molar-refractivity contribution in [2.75, 3.05) is 13.2 Å². The Morgan fingerprint density at radius 3 is 2.13 bits per heavy atom. The summed E-state index contributed by atoms with van der Waals surface area (Å²) >= 11 is 0. The molecule has 0 bridgehead atoms. The van der Waals surface area contributed by atoms with E-state index < -0.39 is 67.2 Å². The summed E-state index contributed by atoms with van der Waals surface area (Å²) in [5.74, 6) is -0.809. The molecule has 0 spiro atoms. The minimum Gasteiger partial charge on any atom is -0.463 e. The molecule has 0 radical (unpaired) electrons. The first-order valence-electron chi connectivity index (χ1n) is 19.2. The molecule has 13 atom stereocenters. The van der Waals surface area contributed by atoms with E-state index in [4.69, 9.17) is 37.9 Å². The van der Waals surface area contributed by atoms with Crippen LogP contribution in [0.4, 0.5) is 4.79 Å². The molecule has 14 nitrogen and oxygen atoms in total. The van der Waals surface area contributed by atoms with Crippen LogP contribution in [0, 0.1) is 17.8 Å². The molecular weight excluding hydrogens is 708 g/mol. The first-order chi connectivity index (χ1) is 26.6. The number of nitrogens with zero attached hydrogens (tertiary/aromatic N) is 3. The normalized spacial score (nSPS) is 33.4. The molecule has 5 unspecified atom stereocenters. The predicted octanol–water partition coefficient (Wildman–Crippen LogP) is 7.01. The third-order valence-corrected chi connectivity index (χ3v) is 11.0. The lowest BCUT2D eigenvalue weighted by Crippen LogP contribution is -2.61. The number of hydrogen-bond donors (Lipinski definition) is 1. The van der Waals surface area contributed by atoms with Crippen LogP contribution >= 0.6 is 0 Å². The number of hydrogen-bond acceptors (Lipinski definition) is 11. The van der Waals surface area contributed by atoms with Crippen molar-refractivity contribution in [1.82, 2.24) is 5.32 Å². The predicted molar refractivity (Wildman–Crippen MR) is 202 cm³/mol. The van der Waals surface area contributed by atoms with Gasteiger partial charge in [0, 0.05) is 17.8 Å². The van der Waals surface area contributed by atoms with Gasteiger partial charge in [0.15, 0.2) is 12.6 Å². The van der Waals surface area contributed by atoms with E-state index in [0.717, 1.165) is 11.1 Å². The van der Waals surface area contributed by atoms with Crippen LogP contribution in [0.15, 0.2) is 78.4 Å². The third kappa shape index (κ3) is 11.5. The maximum Gasteiger partial charge on any atom is 0.407 e. The molecule has 3 aliphatic rings. The first-order valence-corrected chi connectivity index (χ1v) is 19.2. The van der Waals surface area contributed by atoms with Crippen molar-refractivity contribution in [3.8, 4) is 0 Å². The van der Waals surface area contributed by atoms with E-state index in [-0.39, 0.29) is 43.7 Å². The van der Waals surface area contributed by atoms with Gasteiger partial charge in [0.1, 0.15) is 19.3 Å². The fourth-order valence-electron chi connectivity index (χ4n) is 7.46. The number of azide groups is 1. The maximum absolute atomic E-state index is 12.9. The highest BCUT2D eigenvalue weighted by atomic mass is 16.7. The van der Waals surface area contributed by atoms with Crippen LogP contribution in [0.25, 0.3) is 10.4 Å². The lowest BCUT2D eigenvalue weighted by Gasteiger charge is -2.49. The average Bonchev–Trinajstić information content (AvgIpc) is 3.18. The van der Waals surface area contributed by atoms with Gasteiger partial charge in [0.2, 0.25) is 0 Å². The molecular formula is C41H56N4O10. The fraction of sp³-hybridized carbons (Fsp3) is 0.610. The number of ether oxygens (including phenoxy) is 8. The van der Waals surface area contributed by atoms with Crippen LogP contribution in [-0.2, 0) is 55.9 Å². The van der Waals surface area contributed by atoms with E-state index >= 15 is 0 Å². The zero-order chi connectivity index (χ0) is 39.3. The van der Waals surface area contributed by atoms with Gasteiger partial charge in [0.25, 0.3) is 0 Å². The number of carbonyl (C=O) groups is 2. The molecule has 3 fully saturated rings. The van der Waals surface area contributed by atoms with Crippen molar-refractivity contribution in [2.45, 2.75) is 128 Å². The summed E-state index contributed by atoms with van der Waals surface area (Å²) < 4.78 is 50.7. The number of benzene rings is 2. The number of rotatable bonds is 16. The van der Waals surface area contributed by atoms with Gasteiger partial charge in [-0.05, 0) is 48.3 Å². The average molecular weight is 765 g/mol. The third-order valence-electron chi connectivity index (χ3n) is 11.0.